The molecule has 0 atom stereocenters. The Labute approximate surface area is 161 Å². The highest BCUT2D eigenvalue weighted by atomic mass is 19.1. The summed E-state index contributed by atoms with van der Waals surface area (Å²) in [4.78, 5) is 27.4. The average molecular weight is 394 g/mol. The van der Waals surface area contributed by atoms with Crippen LogP contribution in [0.1, 0.15) is 30.7 Å². The number of anilines is 1. The molecule has 0 aliphatic heterocycles. The molecule has 10 heteroatoms. The van der Waals surface area contributed by atoms with Crippen LogP contribution in [0.2, 0.25) is 0 Å². The topological polar surface area (TPSA) is 118 Å². The zero-order chi connectivity index (χ0) is 20.4. The third-order valence-corrected chi connectivity index (χ3v) is 3.85. The van der Waals surface area contributed by atoms with E-state index in [4.69, 9.17) is 14.4 Å². The van der Waals surface area contributed by atoms with Crippen LogP contribution in [0.5, 0.6) is 0 Å². The number of unbranched alkanes of at least 4 members (excludes halogenated alkanes) is 2. The van der Waals surface area contributed by atoms with Gasteiger partial charge in [0.05, 0.1) is 6.61 Å². The highest BCUT2D eigenvalue weighted by molar-refractivity contribution is 5.82. The van der Waals surface area contributed by atoms with Gasteiger partial charge in [0.25, 0.3) is 5.95 Å². The van der Waals surface area contributed by atoms with Crippen molar-refractivity contribution in [3.63, 3.8) is 0 Å². The number of halogens is 1. The summed E-state index contributed by atoms with van der Waals surface area (Å²) in [5.41, 5.74) is 0.799. The number of nitrogens with zero attached hydrogens (tertiary/aromatic N) is 3. The van der Waals surface area contributed by atoms with Crippen LogP contribution in [-0.4, -0.2) is 47.4 Å². The number of carbonyl (C=O) groups excluding carboxylic acids is 1. The van der Waals surface area contributed by atoms with E-state index in [0.29, 0.717) is 18.9 Å². The van der Waals surface area contributed by atoms with Gasteiger partial charge in [0.1, 0.15) is 12.4 Å². The maximum Gasteiger partial charge on any atom is 0.414 e. The number of hydrogen-bond acceptors (Lipinski definition) is 6. The molecule has 28 heavy (non-hydrogen) atoms. The van der Waals surface area contributed by atoms with E-state index in [-0.39, 0.29) is 30.9 Å². The van der Waals surface area contributed by atoms with Crippen molar-refractivity contribution < 1.29 is 28.3 Å². The zero-order valence-electron chi connectivity index (χ0n) is 15.6. The first-order valence-corrected chi connectivity index (χ1v) is 8.84. The fourth-order valence-electron chi connectivity index (χ4n) is 2.27. The third-order valence-electron chi connectivity index (χ3n) is 3.85. The summed E-state index contributed by atoms with van der Waals surface area (Å²) in [6.07, 6.45) is 1.76. The van der Waals surface area contributed by atoms with Gasteiger partial charge in [-0.15, -0.1) is 0 Å². The molecule has 0 unspecified atom stereocenters. The molecule has 2 N–H and O–H groups in total. The van der Waals surface area contributed by atoms with E-state index >= 15 is 0 Å². The quantitative estimate of drug-likeness (QED) is 0.562. The molecule has 9 nitrogen and oxygen atoms in total. The van der Waals surface area contributed by atoms with E-state index in [1.807, 2.05) is 0 Å². The predicted octanol–water partition coefficient (Wildman–Crippen LogP) is 2.37. The Bertz CT molecular complexity index is 766. The molecular formula is C18H23FN4O5. The maximum absolute atomic E-state index is 12.8. The Balaban J connectivity index is 1.51. The second-order valence-corrected chi connectivity index (χ2v) is 6.11. The van der Waals surface area contributed by atoms with Crippen LogP contribution < -0.4 is 10.2 Å². The number of carbonyl (C=O) groups is 2. The summed E-state index contributed by atoms with van der Waals surface area (Å²) in [5.74, 6) is -0.134. The zero-order valence-corrected chi connectivity index (χ0v) is 15.6. The number of ether oxygens (including phenoxy) is 1. The first kappa shape index (κ1) is 21.3. The molecule has 0 bridgehead atoms. The molecule has 0 aliphatic rings. The molecule has 0 aliphatic carbocycles. The predicted molar refractivity (Wildman–Crippen MR) is 97.3 cm³/mol. The first-order valence-electron chi connectivity index (χ1n) is 8.84. The first-order chi connectivity index (χ1) is 13.5. The van der Waals surface area contributed by atoms with Gasteiger partial charge in [0.2, 0.25) is 11.8 Å². The van der Waals surface area contributed by atoms with Crippen LogP contribution in [0.15, 0.2) is 28.8 Å². The van der Waals surface area contributed by atoms with Crippen molar-refractivity contribution in [1.82, 2.24) is 15.5 Å². The number of hydrogen-bond donors (Lipinski definition) is 2. The molecule has 1 aromatic heterocycles. The van der Waals surface area contributed by atoms with Gasteiger partial charge >= 0.3 is 6.09 Å². The van der Waals surface area contributed by atoms with Gasteiger partial charge in [-0.3, -0.25) is 4.79 Å². The monoisotopic (exact) mass is 394 g/mol. The molecule has 2 rings (SSSR count). The van der Waals surface area contributed by atoms with Gasteiger partial charge in [-0.25, -0.2) is 14.1 Å². The van der Waals surface area contributed by atoms with E-state index in [9.17, 15) is 14.0 Å². The van der Waals surface area contributed by atoms with Crippen LogP contribution >= 0.6 is 0 Å². The van der Waals surface area contributed by atoms with E-state index in [1.165, 1.54) is 19.2 Å². The van der Waals surface area contributed by atoms with E-state index in [0.717, 1.165) is 29.7 Å². The summed E-state index contributed by atoms with van der Waals surface area (Å²) in [7, 11) is 1.34. The summed E-state index contributed by atoms with van der Waals surface area (Å²) in [6, 6.07) is 5.91. The van der Waals surface area contributed by atoms with Gasteiger partial charge in [-0.1, -0.05) is 18.6 Å². The number of aromatic nitrogens is 2. The minimum atomic E-state index is -1.16. The standard InChI is InChI=1S/C18H23FN4O5/c1-23(18(25)26)17-21-16(28-22-17)5-3-2-4-10-20-15(24)12-27-11-13-6-8-14(19)9-7-13/h6-9H,2-5,10-12H2,1H3,(H,20,24)(H,25,26). The number of nitrogens with one attached hydrogen (secondary N) is 1. The lowest BCUT2D eigenvalue weighted by molar-refractivity contribution is -0.126. The molecular weight excluding hydrogens is 371 g/mol. The molecule has 2 aromatic rings. The van der Waals surface area contributed by atoms with Crippen molar-refractivity contribution in [2.24, 2.45) is 0 Å². The summed E-state index contributed by atoms with van der Waals surface area (Å²) in [5, 5.41) is 15.2. The smallest absolute Gasteiger partial charge is 0.414 e. The Morgan fingerprint density at radius 3 is 2.71 bits per heavy atom. The Kier molecular flexibility index (Phi) is 8.35. The Hall–Kier alpha value is -3.01. The number of rotatable bonds is 11. The van der Waals surface area contributed by atoms with Crippen LogP contribution in [0.4, 0.5) is 15.1 Å². The number of carboxylic acid groups (broad SMARTS) is 1. The second kappa shape index (κ2) is 11.0. The Morgan fingerprint density at radius 1 is 1.25 bits per heavy atom. The molecule has 1 heterocycles. The number of aryl methyl sites for hydroxylation is 1. The van der Waals surface area contributed by atoms with E-state index in [2.05, 4.69) is 15.5 Å². The molecule has 0 fully saturated rings. The van der Waals surface area contributed by atoms with E-state index in [1.54, 1.807) is 12.1 Å². The summed E-state index contributed by atoms with van der Waals surface area (Å²) < 4.78 is 23.1. The largest absolute Gasteiger partial charge is 0.465 e. The SMILES string of the molecule is CN(C(=O)O)c1noc(CCCCCNC(=O)COCc2ccc(F)cc2)n1. The maximum atomic E-state index is 12.8. The van der Waals surface area contributed by atoms with Crippen molar-refractivity contribution in [1.29, 1.82) is 0 Å². The van der Waals surface area contributed by atoms with Gasteiger partial charge < -0.3 is 19.7 Å². The van der Waals surface area contributed by atoms with Gasteiger partial charge in [0.15, 0.2) is 0 Å². The van der Waals surface area contributed by atoms with Crippen molar-refractivity contribution in [2.75, 3.05) is 25.1 Å². The summed E-state index contributed by atoms with van der Waals surface area (Å²) >= 11 is 0. The van der Waals surface area contributed by atoms with Crippen molar-refractivity contribution >= 4 is 17.9 Å². The minimum absolute atomic E-state index is 0.00963. The number of benzene rings is 1. The normalized spacial score (nSPS) is 10.6. The Morgan fingerprint density at radius 2 is 2.00 bits per heavy atom. The van der Waals surface area contributed by atoms with Crippen LogP contribution in [0.25, 0.3) is 0 Å². The fourth-order valence-corrected chi connectivity index (χ4v) is 2.27. The van der Waals surface area contributed by atoms with Crippen LogP contribution in [0, 0.1) is 5.82 Å². The molecule has 0 saturated carbocycles. The van der Waals surface area contributed by atoms with Crippen LogP contribution in [-0.2, 0) is 22.6 Å². The minimum Gasteiger partial charge on any atom is -0.465 e. The van der Waals surface area contributed by atoms with Gasteiger partial charge in [-0.2, -0.15) is 4.98 Å². The molecule has 0 radical (unpaired) electrons. The molecule has 2 amide bonds. The van der Waals surface area contributed by atoms with Gasteiger partial charge in [-0.05, 0) is 35.7 Å². The van der Waals surface area contributed by atoms with Crippen LogP contribution in [0.3, 0.4) is 0 Å². The van der Waals surface area contributed by atoms with Crippen molar-refractivity contribution in [3.05, 3.63) is 41.5 Å². The molecule has 152 valence electrons. The lowest BCUT2D eigenvalue weighted by atomic mass is 10.2. The lowest BCUT2D eigenvalue weighted by Crippen LogP contribution is -2.28. The molecule has 1 aromatic carbocycles. The highest BCUT2D eigenvalue weighted by Gasteiger charge is 2.15. The van der Waals surface area contributed by atoms with Gasteiger partial charge in [0, 0.05) is 20.0 Å². The summed E-state index contributed by atoms with van der Waals surface area (Å²) in [6.45, 7) is 0.714. The lowest BCUT2D eigenvalue weighted by Gasteiger charge is -2.06. The average Bonchev–Trinajstić information content (AvgIpc) is 3.14. The van der Waals surface area contributed by atoms with Crippen molar-refractivity contribution in [3.8, 4) is 0 Å². The second-order valence-electron chi connectivity index (χ2n) is 6.11. The molecule has 0 saturated heterocycles. The van der Waals surface area contributed by atoms with E-state index < -0.39 is 6.09 Å². The van der Waals surface area contributed by atoms with Crippen molar-refractivity contribution in [2.45, 2.75) is 32.3 Å². The highest BCUT2D eigenvalue weighted by Crippen LogP contribution is 2.10. The third kappa shape index (κ3) is 7.31. The fraction of sp³-hybridized carbons (Fsp3) is 0.444. The number of amides is 2. The molecule has 0 spiro atoms.